The van der Waals surface area contributed by atoms with Crippen molar-refractivity contribution in [2.75, 3.05) is 0 Å². The smallest absolute Gasteiger partial charge is 0.0983 e. The molecule has 0 amide bonds. The molecular formula is C16H15ClN2O. The van der Waals surface area contributed by atoms with Crippen molar-refractivity contribution in [3.05, 3.63) is 53.1 Å². The summed E-state index contributed by atoms with van der Waals surface area (Å²) < 4.78 is 1.82. The summed E-state index contributed by atoms with van der Waals surface area (Å²) in [5.74, 6) is 6.90. The van der Waals surface area contributed by atoms with Crippen molar-refractivity contribution in [2.24, 2.45) is 5.92 Å². The van der Waals surface area contributed by atoms with Crippen LogP contribution in [0.15, 0.2) is 36.9 Å². The molecule has 2 aromatic rings. The van der Waals surface area contributed by atoms with Gasteiger partial charge in [-0.05, 0) is 25.0 Å². The largest absolute Gasteiger partial charge is 0.386 e. The van der Waals surface area contributed by atoms with Crippen molar-refractivity contribution in [2.45, 2.75) is 25.5 Å². The second kappa shape index (κ2) is 5.70. The van der Waals surface area contributed by atoms with Gasteiger partial charge in [0.15, 0.2) is 0 Å². The Morgan fingerprint density at radius 1 is 1.45 bits per heavy atom. The van der Waals surface area contributed by atoms with Crippen LogP contribution in [-0.2, 0) is 6.54 Å². The Kier molecular flexibility index (Phi) is 3.77. The van der Waals surface area contributed by atoms with E-state index in [9.17, 15) is 5.11 Å². The molecule has 1 aromatic carbocycles. The van der Waals surface area contributed by atoms with E-state index in [1.165, 1.54) is 12.8 Å². The Morgan fingerprint density at radius 2 is 2.30 bits per heavy atom. The van der Waals surface area contributed by atoms with E-state index in [1.54, 1.807) is 12.5 Å². The minimum Gasteiger partial charge on any atom is -0.386 e. The summed E-state index contributed by atoms with van der Waals surface area (Å²) in [6.07, 6.45) is 6.94. The number of nitrogens with zero attached hydrogens (tertiary/aromatic N) is 2. The molecule has 1 saturated carbocycles. The van der Waals surface area contributed by atoms with Crippen molar-refractivity contribution in [3.8, 4) is 11.8 Å². The summed E-state index contributed by atoms with van der Waals surface area (Å²) in [6, 6.07) is 5.58. The lowest BCUT2D eigenvalue weighted by atomic mass is 10.1. The Bertz CT molecular complexity index is 651. The first-order valence-electron chi connectivity index (χ1n) is 6.67. The quantitative estimate of drug-likeness (QED) is 0.881. The average Bonchev–Trinajstić information content (AvgIpc) is 3.13. The maximum atomic E-state index is 10.2. The van der Waals surface area contributed by atoms with E-state index in [0.29, 0.717) is 17.5 Å². The van der Waals surface area contributed by atoms with Crippen LogP contribution >= 0.6 is 11.6 Å². The first kappa shape index (κ1) is 13.2. The Balaban J connectivity index is 1.74. The van der Waals surface area contributed by atoms with Gasteiger partial charge in [-0.1, -0.05) is 29.5 Å². The highest BCUT2D eigenvalue weighted by molar-refractivity contribution is 6.31. The lowest BCUT2D eigenvalue weighted by Gasteiger charge is -2.13. The summed E-state index contributed by atoms with van der Waals surface area (Å²) >= 11 is 6.24. The fraction of sp³-hybridized carbons (Fsp3) is 0.312. The molecule has 0 saturated heterocycles. The van der Waals surface area contributed by atoms with Crippen LogP contribution in [0.5, 0.6) is 0 Å². The molecule has 1 fully saturated rings. The molecule has 1 aliphatic carbocycles. The molecule has 1 atom stereocenters. The van der Waals surface area contributed by atoms with Crippen molar-refractivity contribution >= 4 is 11.6 Å². The number of hydrogen-bond donors (Lipinski definition) is 1. The van der Waals surface area contributed by atoms with Gasteiger partial charge in [-0.25, -0.2) is 4.98 Å². The molecule has 1 aliphatic rings. The Hall–Kier alpha value is -1.76. The number of aromatic nitrogens is 2. The van der Waals surface area contributed by atoms with E-state index in [4.69, 9.17) is 11.6 Å². The SMILES string of the molecule is OC(Cn1ccnc1)c1ccc(C#CC2CC2)cc1Cl. The summed E-state index contributed by atoms with van der Waals surface area (Å²) in [7, 11) is 0. The number of halogens is 1. The second-order valence-corrected chi connectivity index (χ2v) is 5.46. The van der Waals surface area contributed by atoms with Crippen LogP contribution in [0.1, 0.15) is 30.1 Å². The van der Waals surface area contributed by atoms with Crippen LogP contribution in [0, 0.1) is 17.8 Å². The maximum Gasteiger partial charge on any atom is 0.0983 e. The highest BCUT2D eigenvalue weighted by Gasteiger charge is 2.18. The van der Waals surface area contributed by atoms with Crippen LogP contribution in [0.4, 0.5) is 0 Å². The lowest BCUT2D eigenvalue weighted by Crippen LogP contribution is -2.07. The Morgan fingerprint density at radius 3 is 2.95 bits per heavy atom. The molecule has 3 rings (SSSR count). The molecule has 1 aromatic heterocycles. The zero-order chi connectivity index (χ0) is 13.9. The third-order valence-corrected chi connectivity index (χ3v) is 3.63. The van der Waals surface area contributed by atoms with E-state index in [-0.39, 0.29) is 0 Å². The van der Waals surface area contributed by atoms with Gasteiger partial charge in [0.25, 0.3) is 0 Å². The highest BCUT2D eigenvalue weighted by Crippen LogP contribution is 2.28. The van der Waals surface area contributed by atoms with E-state index < -0.39 is 6.10 Å². The predicted octanol–water partition coefficient (Wildman–Crippen LogP) is 3.03. The molecule has 102 valence electrons. The third-order valence-electron chi connectivity index (χ3n) is 3.30. The number of imidazole rings is 1. The van der Waals surface area contributed by atoms with Crippen molar-refractivity contribution in [3.63, 3.8) is 0 Å². The summed E-state index contributed by atoms with van der Waals surface area (Å²) in [5.41, 5.74) is 1.62. The molecule has 1 unspecified atom stereocenters. The maximum absolute atomic E-state index is 10.2. The fourth-order valence-electron chi connectivity index (χ4n) is 1.98. The summed E-state index contributed by atoms with van der Waals surface area (Å²) in [5, 5.41) is 10.8. The molecule has 1 heterocycles. The van der Waals surface area contributed by atoms with Gasteiger partial charge in [0.05, 0.1) is 19.0 Å². The van der Waals surface area contributed by atoms with Crippen molar-refractivity contribution in [1.82, 2.24) is 9.55 Å². The summed E-state index contributed by atoms with van der Waals surface area (Å²) in [4.78, 5) is 3.95. The molecule has 1 N–H and O–H groups in total. The van der Waals surface area contributed by atoms with E-state index >= 15 is 0 Å². The van der Waals surface area contributed by atoms with Gasteiger partial charge in [0.2, 0.25) is 0 Å². The van der Waals surface area contributed by atoms with Gasteiger partial charge in [-0.3, -0.25) is 0 Å². The number of rotatable bonds is 3. The molecule has 20 heavy (non-hydrogen) atoms. The van der Waals surface area contributed by atoms with Gasteiger partial charge in [-0.2, -0.15) is 0 Å². The number of hydrogen-bond acceptors (Lipinski definition) is 2. The molecule has 0 bridgehead atoms. The first-order valence-corrected chi connectivity index (χ1v) is 7.05. The van der Waals surface area contributed by atoms with Gasteiger partial charge < -0.3 is 9.67 Å². The van der Waals surface area contributed by atoms with Crippen molar-refractivity contribution in [1.29, 1.82) is 0 Å². The van der Waals surface area contributed by atoms with Crippen LogP contribution < -0.4 is 0 Å². The Labute approximate surface area is 123 Å². The minimum atomic E-state index is -0.651. The van der Waals surface area contributed by atoms with Crippen molar-refractivity contribution < 1.29 is 5.11 Å². The number of aliphatic hydroxyl groups is 1. The molecule has 0 radical (unpaired) electrons. The van der Waals surface area contributed by atoms with Crippen LogP contribution in [0.2, 0.25) is 5.02 Å². The van der Waals surface area contributed by atoms with Crippen LogP contribution in [-0.4, -0.2) is 14.7 Å². The topological polar surface area (TPSA) is 38.0 Å². The molecule has 3 nitrogen and oxygen atoms in total. The zero-order valence-electron chi connectivity index (χ0n) is 11.0. The highest BCUT2D eigenvalue weighted by atomic mass is 35.5. The minimum absolute atomic E-state index is 0.437. The van der Waals surface area contributed by atoms with Gasteiger partial charge in [0.1, 0.15) is 0 Å². The third kappa shape index (κ3) is 3.22. The molecule has 0 aliphatic heterocycles. The van der Waals surface area contributed by atoms with E-state index in [0.717, 1.165) is 11.1 Å². The van der Waals surface area contributed by atoms with Crippen LogP contribution in [0.25, 0.3) is 0 Å². The summed E-state index contributed by atoms with van der Waals surface area (Å²) in [6.45, 7) is 0.437. The monoisotopic (exact) mass is 286 g/mol. The average molecular weight is 287 g/mol. The van der Waals surface area contributed by atoms with E-state index in [2.05, 4.69) is 16.8 Å². The van der Waals surface area contributed by atoms with Crippen LogP contribution in [0.3, 0.4) is 0 Å². The second-order valence-electron chi connectivity index (χ2n) is 5.06. The standard InChI is InChI=1S/C16H15ClN2O/c17-15-9-13(4-3-12-1-2-12)5-6-14(15)16(20)10-19-8-7-18-11-19/h5-9,11-12,16,20H,1-2,10H2. The molecule has 4 heteroatoms. The first-order chi connectivity index (χ1) is 9.72. The number of aliphatic hydroxyl groups excluding tert-OH is 1. The van der Waals surface area contributed by atoms with Gasteiger partial charge in [0, 0.05) is 34.5 Å². The fourth-order valence-corrected chi connectivity index (χ4v) is 2.29. The normalized spacial score (nSPS) is 15.5. The lowest BCUT2D eigenvalue weighted by molar-refractivity contribution is 0.156. The number of benzene rings is 1. The molecule has 0 spiro atoms. The van der Waals surface area contributed by atoms with Gasteiger partial charge in [-0.15, -0.1) is 0 Å². The predicted molar refractivity (Wildman–Crippen MR) is 78.2 cm³/mol. The zero-order valence-corrected chi connectivity index (χ0v) is 11.7. The molecular weight excluding hydrogens is 272 g/mol. The van der Waals surface area contributed by atoms with E-state index in [1.807, 2.05) is 29.0 Å². The van der Waals surface area contributed by atoms with Gasteiger partial charge >= 0.3 is 0 Å².